The van der Waals surface area contributed by atoms with Crippen LogP contribution in [0.15, 0.2) is 65.1 Å². The van der Waals surface area contributed by atoms with E-state index in [0.29, 0.717) is 17.2 Å². The molecule has 26 heavy (non-hydrogen) atoms. The minimum absolute atomic E-state index is 0.0895. The fourth-order valence-corrected chi connectivity index (χ4v) is 3.09. The molecule has 0 spiro atoms. The molecule has 0 aliphatic rings. The molecule has 1 aromatic heterocycles. The second kappa shape index (κ2) is 6.90. The topological polar surface area (TPSA) is 78.9 Å². The third kappa shape index (κ3) is 3.13. The van der Waals surface area contributed by atoms with E-state index in [2.05, 4.69) is 10.3 Å². The van der Waals surface area contributed by atoms with Gasteiger partial charge in [0.2, 0.25) is 11.8 Å². The maximum atomic E-state index is 11.8. The Kier molecular flexibility index (Phi) is 4.30. The van der Waals surface area contributed by atoms with Crippen molar-refractivity contribution in [2.24, 2.45) is 0 Å². The molecule has 0 saturated heterocycles. The van der Waals surface area contributed by atoms with Gasteiger partial charge in [-0.05, 0) is 40.7 Å². The number of aromatic nitrogens is 1. The van der Waals surface area contributed by atoms with Crippen molar-refractivity contribution in [2.45, 2.75) is 0 Å². The lowest BCUT2D eigenvalue weighted by molar-refractivity contribution is -0.113. The number of carbonyl (C=O) groups is 1. The number of rotatable bonds is 4. The largest absolute Gasteiger partial charge is 0.436 e. The summed E-state index contributed by atoms with van der Waals surface area (Å²) in [4.78, 5) is 16.3. The third-order valence-corrected chi connectivity index (χ3v) is 4.50. The van der Waals surface area contributed by atoms with Crippen molar-refractivity contribution in [1.29, 1.82) is 5.26 Å². The van der Waals surface area contributed by atoms with Crippen LogP contribution in [-0.2, 0) is 4.79 Å². The number of nitrogens with one attached hydrogen (secondary N) is 1. The summed E-state index contributed by atoms with van der Waals surface area (Å²) >= 11 is 0.899. The number of hydrogen-bond donors (Lipinski definition) is 1. The summed E-state index contributed by atoms with van der Waals surface area (Å²) in [7, 11) is 0. The lowest BCUT2D eigenvalue weighted by Crippen LogP contribution is -2.13. The van der Waals surface area contributed by atoms with E-state index in [1.807, 2.05) is 47.9 Å². The number of anilines is 1. The first-order valence-electron chi connectivity index (χ1n) is 7.94. The van der Waals surface area contributed by atoms with Crippen molar-refractivity contribution in [2.75, 3.05) is 11.1 Å². The number of hydrogen-bond acceptors (Lipinski definition) is 5. The van der Waals surface area contributed by atoms with Crippen LogP contribution in [0.5, 0.6) is 0 Å². The minimum atomic E-state index is -0.232. The molecule has 3 aromatic carbocycles. The van der Waals surface area contributed by atoms with Gasteiger partial charge < -0.3 is 9.73 Å². The van der Waals surface area contributed by atoms with E-state index in [1.54, 1.807) is 18.2 Å². The van der Waals surface area contributed by atoms with Crippen LogP contribution in [-0.4, -0.2) is 16.6 Å². The van der Waals surface area contributed by atoms with Gasteiger partial charge in [0.15, 0.2) is 5.58 Å². The number of nitrogens with zero attached hydrogens (tertiary/aromatic N) is 2. The number of thioether (sulfide) groups is 1. The van der Waals surface area contributed by atoms with Crippen LogP contribution in [0.3, 0.4) is 0 Å². The molecule has 4 rings (SSSR count). The van der Waals surface area contributed by atoms with Gasteiger partial charge in [0.05, 0.1) is 5.75 Å². The summed E-state index contributed by atoms with van der Waals surface area (Å²) in [5.41, 5.74) is 2.85. The van der Waals surface area contributed by atoms with E-state index >= 15 is 0 Å². The van der Waals surface area contributed by atoms with Gasteiger partial charge in [0.1, 0.15) is 10.9 Å². The molecule has 126 valence electrons. The second-order valence-electron chi connectivity index (χ2n) is 5.66. The van der Waals surface area contributed by atoms with E-state index in [0.717, 1.165) is 33.6 Å². The van der Waals surface area contributed by atoms with Crippen molar-refractivity contribution < 1.29 is 9.21 Å². The first-order valence-corrected chi connectivity index (χ1v) is 8.92. The van der Waals surface area contributed by atoms with Crippen LogP contribution >= 0.6 is 11.8 Å². The molecule has 0 saturated carbocycles. The fraction of sp³-hybridized carbons (Fsp3) is 0.0500. The Morgan fingerprint density at radius 2 is 2.00 bits per heavy atom. The van der Waals surface area contributed by atoms with E-state index in [9.17, 15) is 4.79 Å². The van der Waals surface area contributed by atoms with Crippen LogP contribution in [0.25, 0.3) is 33.3 Å². The molecule has 6 heteroatoms. The molecule has 0 aliphatic carbocycles. The number of thiocyanates is 1. The maximum absolute atomic E-state index is 11.8. The van der Waals surface area contributed by atoms with Gasteiger partial charge in [-0.1, -0.05) is 36.4 Å². The van der Waals surface area contributed by atoms with Gasteiger partial charge in [-0.15, -0.1) is 0 Å². The Bertz CT molecular complexity index is 1160. The van der Waals surface area contributed by atoms with Crippen molar-refractivity contribution >= 4 is 45.2 Å². The highest BCUT2D eigenvalue weighted by Gasteiger charge is 2.12. The lowest BCUT2D eigenvalue weighted by atomic mass is 10.0. The number of carbonyl (C=O) groups excluding carboxylic acids is 1. The van der Waals surface area contributed by atoms with Crippen LogP contribution in [0.1, 0.15) is 0 Å². The molecule has 0 fully saturated rings. The van der Waals surface area contributed by atoms with E-state index in [1.165, 1.54) is 0 Å². The molecule has 0 radical (unpaired) electrons. The number of nitriles is 1. The highest BCUT2D eigenvalue weighted by molar-refractivity contribution is 8.04. The molecule has 0 unspecified atom stereocenters. The van der Waals surface area contributed by atoms with Crippen molar-refractivity contribution in [3.05, 3.63) is 60.7 Å². The van der Waals surface area contributed by atoms with Crippen LogP contribution in [0, 0.1) is 10.7 Å². The first kappa shape index (κ1) is 16.2. The Morgan fingerprint density at radius 3 is 2.88 bits per heavy atom. The van der Waals surface area contributed by atoms with Gasteiger partial charge in [-0.2, -0.15) is 5.26 Å². The number of benzene rings is 3. The average Bonchev–Trinajstić information content (AvgIpc) is 3.09. The Labute approximate surface area is 153 Å². The standard InChI is InChI=1S/C20H13N3O2S/c21-12-26-11-19(24)22-14-8-9-17-18(10-14)25-20(23-17)16-7-3-5-13-4-1-2-6-15(13)16/h1-10H,11H2,(H,22,24). The Hall–Kier alpha value is -3.30. The summed E-state index contributed by atoms with van der Waals surface area (Å²) in [6.07, 6.45) is 0. The molecule has 5 nitrogen and oxygen atoms in total. The maximum Gasteiger partial charge on any atom is 0.235 e. The SMILES string of the molecule is N#CSCC(=O)Nc1ccc2nc(-c3cccc4ccccc34)oc2c1. The summed E-state index contributed by atoms with van der Waals surface area (Å²) < 4.78 is 5.95. The van der Waals surface area contributed by atoms with Gasteiger partial charge in [0.25, 0.3) is 0 Å². The molecule has 1 amide bonds. The molecule has 0 aliphatic heterocycles. The summed E-state index contributed by atoms with van der Waals surface area (Å²) in [6.45, 7) is 0. The van der Waals surface area contributed by atoms with Crippen molar-refractivity contribution in [1.82, 2.24) is 4.98 Å². The van der Waals surface area contributed by atoms with Gasteiger partial charge in [0, 0.05) is 17.3 Å². The summed E-state index contributed by atoms with van der Waals surface area (Å²) in [6, 6.07) is 19.4. The Morgan fingerprint density at radius 1 is 1.15 bits per heavy atom. The van der Waals surface area contributed by atoms with Crippen molar-refractivity contribution in [3.63, 3.8) is 0 Å². The summed E-state index contributed by atoms with van der Waals surface area (Å²) in [5.74, 6) is 0.400. The minimum Gasteiger partial charge on any atom is -0.436 e. The molecule has 4 aromatic rings. The zero-order valence-electron chi connectivity index (χ0n) is 13.6. The van der Waals surface area contributed by atoms with Gasteiger partial charge in [-0.25, -0.2) is 4.98 Å². The molecule has 0 atom stereocenters. The van der Waals surface area contributed by atoms with Gasteiger partial charge in [-0.3, -0.25) is 4.79 Å². The predicted molar refractivity (Wildman–Crippen MR) is 104 cm³/mol. The molecule has 1 N–H and O–H groups in total. The Balaban J connectivity index is 1.70. The van der Waals surface area contributed by atoms with E-state index in [-0.39, 0.29) is 11.7 Å². The smallest absolute Gasteiger partial charge is 0.235 e. The zero-order chi connectivity index (χ0) is 17.9. The fourth-order valence-electron chi connectivity index (χ4n) is 2.82. The van der Waals surface area contributed by atoms with Crippen LogP contribution in [0.2, 0.25) is 0 Å². The van der Waals surface area contributed by atoms with E-state index in [4.69, 9.17) is 9.68 Å². The zero-order valence-corrected chi connectivity index (χ0v) is 14.4. The molecular weight excluding hydrogens is 346 g/mol. The second-order valence-corrected chi connectivity index (χ2v) is 6.42. The number of oxazole rings is 1. The highest BCUT2D eigenvalue weighted by Crippen LogP contribution is 2.31. The molecule has 0 bridgehead atoms. The summed E-state index contributed by atoms with van der Waals surface area (Å²) in [5, 5.41) is 15.3. The first-order chi connectivity index (χ1) is 12.7. The van der Waals surface area contributed by atoms with Crippen LogP contribution < -0.4 is 5.32 Å². The quantitative estimate of drug-likeness (QED) is 0.529. The molecule has 1 heterocycles. The number of fused-ring (bicyclic) bond motifs is 2. The lowest BCUT2D eigenvalue weighted by Gasteiger charge is -2.02. The third-order valence-electron chi connectivity index (χ3n) is 3.96. The normalized spacial score (nSPS) is 10.7. The monoisotopic (exact) mass is 359 g/mol. The van der Waals surface area contributed by atoms with Gasteiger partial charge >= 0.3 is 0 Å². The highest BCUT2D eigenvalue weighted by atomic mass is 32.2. The predicted octanol–water partition coefficient (Wildman–Crippen LogP) is 4.80. The van der Waals surface area contributed by atoms with Crippen molar-refractivity contribution in [3.8, 4) is 16.9 Å². The average molecular weight is 359 g/mol. The molecular formula is C20H13N3O2S. The number of amides is 1. The van der Waals surface area contributed by atoms with E-state index < -0.39 is 0 Å². The van der Waals surface area contributed by atoms with Crippen LogP contribution in [0.4, 0.5) is 5.69 Å².